The second kappa shape index (κ2) is 7.58. The molecule has 0 radical (unpaired) electrons. The van der Waals surface area contributed by atoms with Crippen molar-refractivity contribution in [2.45, 2.75) is 26.7 Å². The number of fused-ring (bicyclic) bond motifs is 1. The highest BCUT2D eigenvalue weighted by Crippen LogP contribution is 2.32. The molecule has 12 heteroatoms. The third-order valence-electron chi connectivity index (χ3n) is 4.28. The highest BCUT2D eigenvalue weighted by molar-refractivity contribution is 6.01. The van der Waals surface area contributed by atoms with Crippen LogP contribution in [0.25, 0.3) is 5.82 Å². The number of nitrogens with one attached hydrogen (secondary N) is 1. The van der Waals surface area contributed by atoms with Crippen LogP contribution in [0.15, 0.2) is 27.9 Å². The van der Waals surface area contributed by atoms with E-state index in [2.05, 4.69) is 35.8 Å². The number of hydrogen-bond donors (Lipinski definition) is 2. The second-order valence-electron chi connectivity index (χ2n) is 6.23. The number of nitrogens with two attached hydrogens (primary N) is 1. The predicted molar refractivity (Wildman–Crippen MR) is 99.9 cm³/mol. The Morgan fingerprint density at radius 1 is 1.31 bits per heavy atom. The number of ether oxygens (including phenoxy) is 2. The minimum Gasteiger partial charge on any atom is -0.454 e. The maximum atomic E-state index is 12.7. The topological polar surface area (TPSA) is 156 Å². The lowest BCUT2D eigenvalue weighted by Crippen LogP contribution is -2.21. The molecule has 1 aliphatic rings. The van der Waals surface area contributed by atoms with Crippen molar-refractivity contribution in [3.05, 3.63) is 35.2 Å². The van der Waals surface area contributed by atoms with Crippen molar-refractivity contribution in [1.82, 2.24) is 30.7 Å². The summed E-state index contributed by atoms with van der Waals surface area (Å²) in [6.45, 7) is 3.92. The van der Waals surface area contributed by atoms with E-state index >= 15 is 0 Å². The lowest BCUT2D eigenvalue weighted by atomic mass is 10.1. The van der Waals surface area contributed by atoms with Gasteiger partial charge in [-0.15, -0.1) is 5.10 Å². The van der Waals surface area contributed by atoms with Gasteiger partial charge >= 0.3 is 0 Å². The summed E-state index contributed by atoms with van der Waals surface area (Å²) < 4.78 is 16.6. The lowest BCUT2D eigenvalue weighted by molar-refractivity contribution is 0.0948. The van der Waals surface area contributed by atoms with Crippen molar-refractivity contribution in [2.24, 2.45) is 5.10 Å². The van der Waals surface area contributed by atoms with E-state index in [-0.39, 0.29) is 24.1 Å². The largest absolute Gasteiger partial charge is 0.454 e. The summed E-state index contributed by atoms with van der Waals surface area (Å²) in [5, 5.41) is 19.3. The Labute approximate surface area is 164 Å². The van der Waals surface area contributed by atoms with E-state index in [0.29, 0.717) is 29.3 Å². The Balaban J connectivity index is 1.56. The molecule has 0 spiro atoms. The fraction of sp³-hybridized carbons (Fsp3) is 0.294. The van der Waals surface area contributed by atoms with Gasteiger partial charge in [-0.3, -0.25) is 4.79 Å². The molecule has 1 aromatic carbocycles. The number of amides is 1. The molecule has 3 N–H and O–H groups in total. The van der Waals surface area contributed by atoms with E-state index in [4.69, 9.17) is 15.2 Å². The molecule has 4 rings (SSSR count). The molecular weight excluding hydrogens is 380 g/mol. The van der Waals surface area contributed by atoms with Gasteiger partial charge in [0.25, 0.3) is 5.91 Å². The summed E-state index contributed by atoms with van der Waals surface area (Å²) in [5.41, 5.74) is 10.3. The van der Waals surface area contributed by atoms with Crippen LogP contribution in [0.4, 0.5) is 5.82 Å². The van der Waals surface area contributed by atoms with Gasteiger partial charge in [-0.2, -0.15) is 9.78 Å². The smallest absolute Gasteiger partial charge is 0.293 e. The van der Waals surface area contributed by atoms with Gasteiger partial charge in [-0.1, -0.05) is 18.6 Å². The summed E-state index contributed by atoms with van der Waals surface area (Å²) in [4.78, 5) is 12.7. The zero-order valence-corrected chi connectivity index (χ0v) is 15.7. The second-order valence-corrected chi connectivity index (χ2v) is 6.23. The third kappa shape index (κ3) is 3.47. The minimum atomic E-state index is -0.505. The predicted octanol–water partition coefficient (Wildman–Crippen LogP) is 1.07. The number of anilines is 1. The van der Waals surface area contributed by atoms with Gasteiger partial charge < -0.3 is 15.2 Å². The number of hydrazone groups is 1. The SMILES string of the molecule is CCCc1c(C(=O)N/N=C(\C)c2ccc3c(c2)OCO3)nnn1-c1nonc1N. The van der Waals surface area contributed by atoms with Crippen LogP contribution in [0, 0.1) is 0 Å². The van der Waals surface area contributed by atoms with Crippen molar-refractivity contribution >= 4 is 17.4 Å². The first-order valence-electron chi connectivity index (χ1n) is 8.86. The van der Waals surface area contributed by atoms with Gasteiger partial charge in [0.05, 0.1) is 11.4 Å². The molecule has 0 saturated heterocycles. The fourth-order valence-electron chi connectivity index (χ4n) is 2.82. The molecule has 1 aliphatic heterocycles. The van der Waals surface area contributed by atoms with Crippen LogP contribution in [-0.2, 0) is 6.42 Å². The Morgan fingerprint density at radius 3 is 2.90 bits per heavy atom. The van der Waals surface area contributed by atoms with Crippen LogP contribution >= 0.6 is 0 Å². The van der Waals surface area contributed by atoms with E-state index in [9.17, 15) is 4.79 Å². The van der Waals surface area contributed by atoms with Crippen LogP contribution in [0.3, 0.4) is 0 Å². The number of nitrogen functional groups attached to an aromatic ring is 1. The van der Waals surface area contributed by atoms with Gasteiger partial charge in [0, 0.05) is 5.56 Å². The van der Waals surface area contributed by atoms with Crippen molar-refractivity contribution in [3.8, 4) is 17.3 Å². The van der Waals surface area contributed by atoms with Crippen LogP contribution in [0.1, 0.15) is 42.0 Å². The zero-order chi connectivity index (χ0) is 20.4. The average Bonchev–Trinajstić information content (AvgIpc) is 3.45. The van der Waals surface area contributed by atoms with Gasteiger partial charge in [0.15, 0.2) is 17.2 Å². The molecule has 0 fully saturated rings. The number of benzene rings is 1. The number of rotatable bonds is 6. The quantitative estimate of drug-likeness (QED) is 0.458. The standard InChI is InChI=1S/C17H18N8O4/c1-3-4-11-14(20-24-25(11)16-15(18)22-29-23-16)17(26)21-19-9(2)10-5-6-12-13(7-10)28-8-27-12/h5-7H,3-4,8H2,1-2H3,(H2,18,22)(H,21,26)/b19-9+. The normalized spacial score (nSPS) is 13.0. The molecule has 0 bridgehead atoms. The van der Waals surface area contributed by atoms with Crippen LogP contribution < -0.4 is 20.6 Å². The highest BCUT2D eigenvalue weighted by Gasteiger charge is 2.23. The molecule has 0 unspecified atom stereocenters. The number of nitrogens with zero attached hydrogens (tertiary/aromatic N) is 6. The van der Waals surface area contributed by atoms with Crippen molar-refractivity contribution in [1.29, 1.82) is 0 Å². The fourth-order valence-corrected chi connectivity index (χ4v) is 2.82. The first-order valence-corrected chi connectivity index (χ1v) is 8.86. The molecule has 0 atom stereocenters. The molecule has 3 aromatic rings. The van der Waals surface area contributed by atoms with E-state index in [0.717, 1.165) is 12.0 Å². The zero-order valence-electron chi connectivity index (χ0n) is 15.7. The monoisotopic (exact) mass is 398 g/mol. The van der Waals surface area contributed by atoms with Gasteiger partial charge in [-0.25, -0.2) is 10.1 Å². The Bertz CT molecular complexity index is 1090. The number of hydrogen-bond acceptors (Lipinski definition) is 10. The maximum absolute atomic E-state index is 12.7. The molecule has 12 nitrogen and oxygen atoms in total. The molecule has 150 valence electrons. The van der Waals surface area contributed by atoms with E-state index in [1.54, 1.807) is 19.1 Å². The molecule has 1 amide bonds. The summed E-state index contributed by atoms with van der Waals surface area (Å²) >= 11 is 0. The van der Waals surface area contributed by atoms with Gasteiger partial charge in [0.2, 0.25) is 18.4 Å². The molecular formula is C17H18N8O4. The summed E-state index contributed by atoms with van der Waals surface area (Å²) in [5.74, 6) is 1.04. The molecule has 0 saturated carbocycles. The molecule has 29 heavy (non-hydrogen) atoms. The van der Waals surface area contributed by atoms with Crippen LogP contribution in [0.5, 0.6) is 11.5 Å². The third-order valence-corrected chi connectivity index (χ3v) is 4.28. The molecule has 3 heterocycles. The van der Waals surface area contributed by atoms with Gasteiger partial charge in [-0.05, 0) is 41.9 Å². The van der Waals surface area contributed by atoms with Crippen molar-refractivity contribution in [2.75, 3.05) is 12.5 Å². The molecule has 2 aromatic heterocycles. The number of carbonyl (C=O) groups is 1. The van der Waals surface area contributed by atoms with Gasteiger partial charge in [0.1, 0.15) is 0 Å². The van der Waals surface area contributed by atoms with E-state index < -0.39 is 5.91 Å². The Hall–Kier alpha value is -3.96. The summed E-state index contributed by atoms with van der Waals surface area (Å²) in [6, 6.07) is 5.42. The first-order chi connectivity index (χ1) is 14.1. The average molecular weight is 398 g/mol. The van der Waals surface area contributed by atoms with E-state index in [1.807, 2.05) is 13.0 Å². The minimum absolute atomic E-state index is 0.0517. The Morgan fingerprint density at radius 2 is 2.14 bits per heavy atom. The summed E-state index contributed by atoms with van der Waals surface area (Å²) in [6.07, 6.45) is 1.27. The number of carbonyl (C=O) groups excluding carboxylic acids is 1. The Kier molecular flexibility index (Phi) is 4.81. The van der Waals surface area contributed by atoms with Crippen molar-refractivity contribution < 1.29 is 18.9 Å². The lowest BCUT2D eigenvalue weighted by Gasteiger charge is -2.05. The number of aromatic nitrogens is 5. The van der Waals surface area contributed by atoms with Crippen molar-refractivity contribution in [3.63, 3.8) is 0 Å². The maximum Gasteiger partial charge on any atom is 0.293 e. The molecule has 0 aliphatic carbocycles. The van der Waals surface area contributed by atoms with Crippen LogP contribution in [-0.4, -0.2) is 43.7 Å². The first kappa shape index (κ1) is 18.4. The summed E-state index contributed by atoms with van der Waals surface area (Å²) in [7, 11) is 0. The highest BCUT2D eigenvalue weighted by atomic mass is 16.7. The van der Waals surface area contributed by atoms with E-state index in [1.165, 1.54) is 4.68 Å². The van der Waals surface area contributed by atoms with Crippen LogP contribution in [0.2, 0.25) is 0 Å².